The second-order valence-corrected chi connectivity index (χ2v) is 6.44. The number of hydrogen-bond acceptors (Lipinski definition) is 3. The van der Waals surface area contributed by atoms with Gasteiger partial charge in [0.1, 0.15) is 0 Å². The number of carbonyl (C=O) groups is 2. The highest BCUT2D eigenvalue weighted by molar-refractivity contribution is 5.87. The summed E-state index contributed by atoms with van der Waals surface area (Å²) in [6.45, 7) is 7.86. The van der Waals surface area contributed by atoms with E-state index in [4.69, 9.17) is 4.74 Å². The standard InChI is InChI=1S/C21H25NO3/c1-13-10-15(3)19(16(4)11-13)20(21(24)25-5)22-18(23)12-17-9-7-6-8-14(17)2/h6-11,20H,12H2,1-5H3,(H,22,23)/t20-/m1/s1. The van der Waals surface area contributed by atoms with E-state index in [0.717, 1.165) is 33.4 Å². The maximum absolute atomic E-state index is 12.5. The lowest BCUT2D eigenvalue weighted by Crippen LogP contribution is -2.36. The van der Waals surface area contributed by atoms with Gasteiger partial charge < -0.3 is 10.1 Å². The summed E-state index contributed by atoms with van der Waals surface area (Å²) in [5.41, 5.74) is 5.84. The first kappa shape index (κ1) is 18.7. The van der Waals surface area contributed by atoms with Crippen LogP contribution in [0.3, 0.4) is 0 Å². The lowest BCUT2D eigenvalue weighted by atomic mass is 9.93. The number of methoxy groups -OCH3 is 1. The number of nitrogens with one attached hydrogen (secondary N) is 1. The Labute approximate surface area is 149 Å². The summed E-state index contributed by atoms with van der Waals surface area (Å²) in [4.78, 5) is 24.9. The molecule has 0 aromatic heterocycles. The zero-order chi connectivity index (χ0) is 18.6. The fourth-order valence-electron chi connectivity index (χ4n) is 3.21. The number of rotatable bonds is 5. The summed E-state index contributed by atoms with van der Waals surface area (Å²) in [5.74, 6) is -0.669. The molecule has 0 fully saturated rings. The first-order chi connectivity index (χ1) is 11.8. The van der Waals surface area contributed by atoms with Crippen LogP contribution in [0.1, 0.15) is 39.4 Å². The van der Waals surface area contributed by atoms with Gasteiger partial charge in [0.25, 0.3) is 0 Å². The molecule has 0 aliphatic carbocycles. The van der Waals surface area contributed by atoms with E-state index < -0.39 is 12.0 Å². The predicted octanol–water partition coefficient (Wildman–Crippen LogP) is 3.49. The Morgan fingerprint density at radius 2 is 1.60 bits per heavy atom. The van der Waals surface area contributed by atoms with Gasteiger partial charge in [-0.15, -0.1) is 0 Å². The lowest BCUT2D eigenvalue weighted by Gasteiger charge is -2.21. The quantitative estimate of drug-likeness (QED) is 0.848. The van der Waals surface area contributed by atoms with Gasteiger partial charge in [0.2, 0.25) is 5.91 Å². The van der Waals surface area contributed by atoms with Gasteiger partial charge in [0.05, 0.1) is 13.5 Å². The Balaban J connectivity index is 2.29. The molecule has 2 rings (SSSR count). The van der Waals surface area contributed by atoms with E-state index in [9.17, 15) is 9.59 Å². The average Bonchev–Trinajstić information content (AvgIpc) is 2.54. The first-order valence-electron chi connectivity index (χ1n) is 8.33. The van der Waals surface area contributed by atoms with Crippen LogP contribution in [-0.4, -0.2) is 19.0 Å². The van der Waals surface area contributed by atoms with Crippen LogP contribution in [0.15, 0.2) is 36.4 Å². The summed E-state index contributed by atoms with van der Waals surface area (Å²) < 4.78 is 4.93. The summed E-state index contributed by atoms with van der Waals surface area (Å²) in [6, 6.07) is 10.9. The third-order valence-electron chi connectivity index (χ3n) is 4.38. The molecule has 0 saturated carbocycles. The van der Waals surface area contributed by atoms with Crippen molar-refractivity contribution in [2.75, 3.05) is 7.11 Å². The maximum atomic E-state index is 12.5. The molecule has 2 aromatic rings. The number of carbonyl (C=O) groups excluding carboxylic acids is 2. The summed E-state index contributed by atoms with van der Waals surface area (Å²) in [5, 5.41) is 2.85. The van der Waals surface area contributed by atoms with Crippen molar-refractivity contribution in [3.63, 3.8) is 0 Å². The third kappa shape index (κ3) is 4.47. The highest BCUT2D eigenvalue weighted by Gasteiger charge is 2.27. The van der Waals surface area contributed by atoms with Crippen LogP contribution in [0.4, 0.5) is 0 Å². The fourth-order valence-corrected chi connectivity index (χ4v) is 3.21. The van der Waals surface area contributed by atoms with Gasteiger partial charge in [0, 0.05) is 0 Å². The molecule has 25 heavy (non-hydrogen) atoms. The van der Waals surface area contributed by atoms with Crippen molar-refractivity contribution in [3.05, 3.63) is 69.8 Å². The fraction of sp³-hybridized carbons (Fsp3) is 0.333. The third-order valence-corrected chi connectivity index (χ3v) is 4.38. The molecule has 4 heteroatoms. The monoisotopic (exact) mass is 339 g/mol. The van der Waals surface area contributed by atoms with Crippen LogP contribution in [0.2, 0.25) is 0 Å². The topological polar surface area (TPSA) is 55.4 Å². The van der Waals surface area contributed by atoms with Crippen molar-refractivity contribution < 1.29 is 14.3 Å². The van der Waals surface area contributed by atoms with Crippen LogP contribution >= 0.6 is 0 Å². The first-order valence-corrected chi connectivity index (χ1v) is 8.33. The van der Waals surface area contributed by atoms with Gasteiger partial charge in [-0.2, -0.15) is 0 Å². The Morgan fingerprint density at radius 3 is 2.16 bits per heavy atom. The van der Waals surface area contributed by atoms with E-state index in [1.54, 1.807) is 0 Å². The van der Waals surface area contributed by atoms with E-state index in [1.165, 1.54) is 7.11 Å². The minimum atomic E-state index is -0.804. The molecule has 0 heterocycles. The summed E-state index contributed by atoms with van der Waals surface area (Å²) >= 11 is 0. The lowest BCUT2D eigenvalue weighted by molar-refractivity contribution is -0.145. The molecule has 2 aromatic carbocycles. The molecule has 132 valence electrons. The van der Waals surface area contributed by atoms with Gasteiger partial charge in [-0.05, 0) is 55.5 Å². The van der Waals surface area contributed by atoms with Crippen molar-refractivity contribution in [3.8, 4) is 0 Å². The molecule has 0 saturated heterocycles. The molecule has 1 atom stereocenters. The largest absolute Gasteiger partial charge is 0.467 e. The van der Waals surface area contributed by atoms with Crippen LogP contribution in [0.5, 0.6) is 0 Å². The Kier molecular flexibility index (Phi) is 5.97. The molecule has 0 unspecified atom stereocenters. The Bertz CT molecular complexity index is 772. The van der Waals surface area contributed by atoms with Crippen molar-refractivity contribution in [2.45, 2.75) is 40.2 Å². The molecule has 1 amide bonds. The van der Waals surface area contributed by atoms with Crippen LogP contribution in [-0.2, 0) is 20.7 Å². The van der Waals surface area contributed by atoms with E-state index in [2.05, 4.69) is 5.32 Å². The predicted molar refractivity (Wildman–Crippen MR) is 98.4 cm³/mol. The maximum Gasteiger partial charge on any atom is 0.333 e. The molecular weight excluding hydrogens is 314 g/mol. The highest BCUT2D eigenvalue weighted by Crippen LogP contribution is 2.25. The zero-order valence-corrected chi connectivity index (χ0v) is 15.5. The minimum Gasteiger partial charge on any atom is -0.467 e. The molecule has 0 spiro atoms. The normalized spacial score (nSPS) is 11.7. The van der Waals surface area contributed by atoms with E-state index in [1.807, 2.05) is 64.1 Å². The number of amides is 1. The van der Waals surface area contributed by atoms with Crippen molar-refractivity contribution in [1.29, 1.82) is 0 Å². The second-order valence-electron chi connectivity index (χ2n) is 6.44. The van der Waals surface area contributed by atoms with E-state index in [0.29, 0.717) is 0 Å². The van der Waals surface area contributed by atoms with E-state index >= 15 is 0 Å². The van der Waals surface area contributed by atoms with Gasteiger partial charge in [-0.3, -0.25) is 4.79 Å². The smallest absolute Gasteiger partial charge is 0.333 e. The SMILES string of the molecule is COC(=O)[C@H](NC(=O)Cc1ccccc1C)c1c(C)cc(C)cc1C. The number of benzene rings is 2. The molecule has 0 bridgehead atoms. The van der Waals surface area contributed by atoms with Crippen molar-refractivity contribution in [1.82, 2.24) is 5.32 Å². The number of esters is 1. The number of aryl methyl sites for hydroxylation is 4. The van der Waals surface area contributed by atoms with Crippen molar-refractivity contribution in [2.24, 2.45) is 0 Å². The summed E-state index contributed by atoms with van der Waals surface area (Å²) in [6.07, 6.45) is 0.226. The molecule has 0 aliphatic rings. The van der Waals surface area contributed by atoms with Gasteiger partial charge in [-0.1, -0.05) is 42.0 Å². The zero-order valence-electron chi connectivity index (χ0n) is 15.5. The average molecular weight is 339 g/mol. The van der Waals surface area contributed by atoms with Gasteiger partial charge >= 0.3 is 5.97 Å². The van der Waals surface area contributed by atoms with Gasteiger partial charge in [0.15, 0.2) is 6.04 Å². The highest BCUT2D eigenvalue weighted by atomic mass is 16.5. The van der Waals surface area contributed by atoms with E-state index in [-0.39, 0.29) is 12.3 Å². The molecule has 4 nitrogen and oxygen atoms in total. The minimum absolute atomic E-state index is 0.205. The molecule has 0 radical (unpaired) electrons. The Hall–Kier alpha value is -2.62. The van der Waals surface area contributed by atoms with Crippen LogP contribution in [0, 0.1) is 27.7 Å². The number of hydrogen-bond donors (Lipinski definition) is 1. The van der Waals surface area contributed by atoms with Crippen molar-refractivity contribution >= 4 is 11.9 Å². The molecular formula is C21H25NO3. The second kappa shape index (κ2) is 7.97. The van der Waals surface area contributed by atoms with Crippen LogP contribution < -0.4 is 5.32 Å². The van der Waals surface area contributed by atoms with Crippen LogP contribution in [0.25, 0.3) is 0 Å². The Morgan fingerprint density at radius 1 is 1.00 bits per heavy atom. The number of ether oxygens (including phenoxy) is 1. The molecule has 1 N–H and O–H groups in total. The van der Waals surface area contributed by atoms with Gasteiger partial charge in [-0.25, -0.2) is 4.79 Å². The molecule has 0 aliphatic heterocycles. The summed E-state index contributed by atoms with van der Waals surface area (Å²) in [7, 11) is 1.34.